The van der Waals surface area contributed by atoms with E-state index in [1.807, 2.05) is 32.9 Å². The van der Waals surface area contributed by atoms with E-state index < -0.39 is 0 Å². The zero-order valence-corrected chi connectivity index (χ0v) is 12.7. The lowest BCUT2D eigenvalue weighted by atomic mass is 10.1. The van der Waals surface area contributed by atoms with Gasteiger partial charge in [0.2, 0.25) is 5.91 Å². The molecule has 100 valence electrons. The summed E-state index contributed by atoms with van der Waals surface area (Å²) < 4.78 is 6.08. The first-order valence-corrected chi connectivity index (χ1v) is 6.49. The molecule has 0 spiro atoms. The zero-order chi connectivity index (χ0) is 13.8. The Bertz CT molecular complexity index is 427. The van der Waals surface area contributed by atoms with E-state index in [4.69, 9.17) is 4.74 Å². The highest BCUT2D eigenvalue weighted by Crippen LogP contribution is 2.27. The molecule has 0 aliphatic rings. The number of hydrogen-bond acceptors (Lipinski definition) is 3. The van der Waals surface area contributed by atoms with Crippen LogP contribution in [0, 0.1) is 0 Å². The number of halogens is 1. The van der Waals surface area contributed by atoms with Crippen molar-refractivity contribution in [3.05, 3.63) is 22.7 Å². The van der Waals surface area contributed by atoms with E-state index in [1.54, 1.807) is 13.2 Å². The average Bonchev–Trinajstić information content (AvgIpc) is 2.26. The molecule has 0 atom stereocenters. The van der Waals surface area contributed by atoms with Crippen LogP contribution in [0.4, 0.5) is 5.69 Å². The van der Waals surface area contributed by atoms with Gasteiger partial charge in [0, 0.05) is 10.0 Å². The molecule has 2 N–H and O–H groups in total. The number of anilines is 1. The first-order valence-electron chi connectivity index (χ1n) is 5.70. The third-order valence-electron chi connectivity index (χ3n) is 2.21. The third kappa shape index (κ3) is 5.06. The van der Waals surface area contributed by atoms with Crippen molar-refractivity contribution in [2.45, 2.75) is 26.3 Å². The molecule has 0 saturated carbocycles. The summed E-state index contributed by atoms with van der Waals surface area (Å²) >= 11 is 3.36. The molecule has 5 heteroatoms. The van der Waals surface area contributed by atoms with Crippen molar-refractivity contribution in [2.75, 3.05) is 19.0 Å². The molecule has 0 fully saturated rings. The van der Waals surface area contributed by atoms with Gasteiger partial charge in [-0.2, -0.15) is 0 Å². The summed E-state index contributed by atoms with van der Waals surface area (Å²) in [6, 6.07) is 5.48. The SMILES string of the molecule is COc1ccc(Br)cc1NC(=O)CNC(C)(C)C. The third-order valence-corrected chi connectivity index (χ3v) is 2.71. The molecular formula is C13H19BrN2O2. The van der Waals surface area contributed by atoms with Crippen LogP contribution in [0.25, 0.3) is 0 Å². The number of rotatable bonds is 4. The molecule has 1 aromatic rings. The topological polar surface area (TPSA) is 50.4 Å². The van der Waals surface area contributed by atoms with Crippen LogP contribution in [0.1, 0.15) is 20.8 Å². The van der Waals surface area contributed by atoms with Gasteiger partial charge in [-0.1, -0.05) is 15.9 Å². The quantitative estimate of drug-likeness (QED) is 0.898. The van der Waals surface area contributed by atoms with Gasteiger partial charge < -0.3 is 15.4 Å². The molecule has 0 aliphatic carbocycles. The Morgan fingerprint density at radius 3 is 2.61 bits per heavy atom. The highest BCUT2D eigenvalue weighted by atomic mass is 79.9. The molecule has 4 nitrogen and oxygen atoms in total. The Kier molecular flexibility index (Phi) is 5.16. The fourth-order valence-electron chi connectivity index (χ4n) is 1.32. The second-order valence-corrected chi connectivity index (χ2v) is 5.91. The number of carbonyl (C=O) groups is 1. The van der Waals surface area contributed by atoms with Gasteiger partial charge >= 0.3 is 0 Å². The summed E-state index contributed by atoms with van der Waals surface area (Å²) in [6.45, 7) is 6.30. The number of ether oxygens (including phenoxy) is 1. The fourth-order valence-corrected chi connectivity index (χ4v) is 1.68. The molecule has 0 bridgehead atoms. The van der Waals surface area contributed by atoms with Gasteiger partial charge in [-0.15, -0.1) is 0 Å². The van der Waals surface area contributed by atoms with Crippen molar-refractivity contribution in [3.63, 3.8) is 0 Å². The molecular weight excluding hydrogens is 296 g/mol. The molecule has 0 radical (unpaired) electrons. The normalized spacial score (nSPS) is 11.2. The van der Waals surface area contributed by atoms with Gasteiger partial charge in [-0.25, -0.2) is 0 Å². The maximum atomic E-state index is 11.8. The lowest BCUT2D eigenvalue weighted by molar-refractivity contribution is -0.115. The van der Waals surface area contributed by atoms with Crippen molar-refractivity contribution in [2.24, 2.45) is 0 Å². The minimum Gasteiger partial charge on any atom is -0.495 e. The lowest BCUT2D eigenvalue weighted by Gasteiger charge is -2.20. The molecule has 1 aromatic carbocycles. The van der Waals surface area contributed by atoms with Crippen LogP contribution in [0.5, 0.6) is 5.75 Å². The summed E-state index contributed by atoms with van der Waals surface area (Å²) in [7, 11) is 1.58. The Labute approximate surface area is 116 Å². The van der Waals surface area contributed by atoms with E-state index >= 15 is 0 Å². The van der Waals surface area contributed by atoms with Crippen LogP contribution in [-0.2, 0) is 4.79 Å². The van der Waals surface area contributed by atoms with Crippen molar-refractivity contribution in [1.29, 1.82) is 0 Å². The first kappa shape index (κ1) is 15.0. The van der Waals surface area contributed by atoms with E-state index in [2.05, 4.69) is 26.6 Å². The monoisotopic (exact) mass is 314 g/mol. The highest BCUT2D eigenvalue weighted by Gasteiger charge is 2.12. The predicted octanol–water partition coefficient (Wildman–Crippen LogP) is 2.78. The fraction of sp³-hybridized carbons (Fsp3) is 0.462. The van der Waals surface area contributed by atoms with Crippen LogP contribution in [0.15, 0.2) is 22.7 Å². The van der Waals surface area contributed by atoms with Gasteiger partial charge in [0.05, 0.1) is 19.3 Å². The Balaban J connectivity index is 2.66. The second kappa shape index (κ2) is 6.20. The van der Waals surface area contributed by atoms with Gasteiger partial charge in [0.15, 0.2) is 0 Å². The van der Waals surface area contributed by atoms with Crippen molar-refractivity contribution in [3.8, 4) is 5.75 Å². The van der Waals surface area contributed by atoms with E-state index in [1.165, 1.54) is 0 Å². The molecule has 0 aliphatic heterocycles. The maximum Gasteiger partial charge on any atom is 0.238 e. The molecule has 0 saturated heterocycles. The molecule has 1 amide bonds. The number of amides is 1. The van der Waals surface area contributed by atoms with Crippen LogP contribution in [0.2, 0.25) is 0 Å². The van der Waals surface area contributed by atoms with Crippen molar-refractivity contribution in [1.82, 2.24) is 5.32 Å². The standard InChI is InChI=1S/C13H19BrN2O2/c1-13(2,3)15-8-12(17)16-10-7-9(14)5-6-11(10)18-4/h5-7,15H,8H2,1-4H3,(H,16,17). The molecule has 1 rings (SSSR count). The maximum absolute atomic E-state index is 11.8. The molecule has 0 unspecified atom stereocenters. The zero-order valence-electron chi connectivity index (χ0n) is 11.1. The van der Waals surface area contributed by atoms with Crippen LogP contribution in [-0.4, -0.2) is 25.1 Å². The minimum absolute atomic E-state index is 0.0846. The van der Waals surface area contributed by atoms with Crippen molar-refractivity contribution >= 4 is 27.5 Å². The number of benzene rings is 1. The number of carbonyl (C=O) groups excluding carboxylic acids is 1. The summed E-state index contributed by atoms with van der Waals surface area (Å²) in [6.07, 6.45) is 0. The average molecular weight is 315 g/mol. The van der Waals surface area contributed by atoms with E-state index in [0.29, 0.717) is 11.4 Å². The Morgan fingerprint density at radius 2 is 2.06 bits per heavy atom. The number of methoxy groups -OCH3 is 1. The summed E-state index contributed by atoms with van der Waals surface area (Å²) in [4.78, 5) is 11.8. The first-order chi connectivity index (χ1) is 8.31. The predicted molar refractivity (Wildman–Crippen MR) is 77.1 cm³/mol. The lowest BCUT2D eigenvalue weighted by Crippen LogP contribution is -2.41. The van der Waals surface area contributed by atoms with Gasteiger partial charge in [0.1, 0.15) is 5.75 Å². The highest BCUT2D eigenvalue weighted by molar-refractivity contribution is 9.10. The van der Waals surface area contributed by atoms with Crippen molar-refractivity contribution < 1.29 is 9.53 Å². The Morgan fingerprint density at radius 1 is 1.39 bits per heavy atom. The number of hydrogen-bond donors (Lipinski definition) is 2. The van der Waals surface area contributed by atoms with Crippen LogP contribution in [0.3, 0.4) is 0 Å². The molecule has 0 aromatic heterocycles. The number of nitrogens with one attached hydrogen (secondary N) is 2. The van der Waals surface area contributed by atoms with E-state index in [9.17, 15) is 4.79 Å². The van der Waals surface area contributed by atoms with E-state index in [-0.39, 0.29) is 18.0 Å². The van der Waals surface area contributed by atoms with Gasteiger partial charge in [-0.3, -0.25) is 4.79 Å². The summed E-state index contributed by atoms with van der Waals surface area (Å²) in [5.74, 6) is 0.545. The minimum atomic E-state index is -0.0960. The summed E-state index contributed by atoms with van der Waals surface area (Å²) in [5, 5.41) is 5.95. The van der Waals surface area contributed by atoms with Gasteiger partial charge in [0.25, 0.3) is 0 Å². The molecule has 18 heavy (non-hydrogen) atoms. The van der Waals surface area contributed by atoms with Crippen LogP contribution < -0.4 is 15.4 Å². The van der Waals surface area contributed by atoms with Crippen LogP contribution >= 0.6 is 15.9 Å². The van der Waals surface area contributed by atoms with E-state index in [0.717, 1.165) is 4.47 Å². The van der Waals surface area contributed by atoms with Gasteiger partial charge in [-0.05, 0) is 39.0 Å². The summed E-state index contributed by atoms with van der Waals surface area (Å²) in [5.41, 5.74) is 0.575. The Hall–Kier alpha value is -1.07. The smallest absolute Gasteiger partial charge is 0.238 e. The molecule has 0 heterocycles. The largest absolute Gasteiger partial charge is 0.495 e. The second-order valence-electron chi connectivity index (χ2n) is 5.00.